The van der Waals surface area contributed by atoms with Crippen LogP contribution in [0.2, 0.25) is 0 Å². The van der Waals surface area contributed by atoms with Crippen molar-refractivity contribution in [2.75, 3.05) is 11.5 Å². The fraction of sp³-hybridized carbons (Fsp3) is 0.231. The van der Waals surface area contributed by atoms with Crippen LogP contribution in [0.3, 0.4) is 0 Å². The van der Waals surface area contributed by atoms with E-state index in [-0.39, 0.29) is 5.12 Å². The van der Waals surface area contributed by atoms with Gasteiger partial charge in [-0.1, -0.05) is 30.0 Å². The maximum Gasteiger partial charge on any atom is 0.185 e. The number of carbonyl (C=O) groups is 1. The van der Waals surface area contributed by atoms with Crippen molar-refractivity contribution in [1.29, 1.82) is 5.26 Å². The average molecular weight is 246 g/mol. The first kappa shape index (κ1) is 13.3. The molecule has 17 heavy (non-hydrogen) atoms. The Kier molecular flexibility index (Phi) is 5.31. The third-order valence-electron chi connectivity index (χ3n) is 2.10. The number of rotatable bonds is 4. The zero-order valence-corrected chi connectivity index (χ0v) is 10.5. The highest BCUT2D eigenvalue weighted by atomic mass is 32.2. The maximum absolute atomic E-state index is 10.7. The summed E-state index contributed by atoms with van der Waals surface area (Å²) < 4.78 is 0. The van der Waals surface area contributed by atoms with E-state index in [2.05, 4.69) is 0 Å². The quantitative estimate of drug-likeness (QED) is 0.655. The van der Waals surface area contributed by atoms with Gasteiger partial charge in [0.2, 0.25) is 0 Å². The molecular weight excluding hydrogens is 232 g/mol. The molecule has 2 N–H and O–H groups in total. The summed E-state index contributed by atoms with van der Waals surface area (Å²) in [5, 5.41) is 8.86. The summed E-state index contributed by atoms with van der Waals surface area (Å²) >= 11 is 1.32. The van der Waals surface area contributed by atoms with Crippen LogP contribution in [-0.2, 0) is 4.79 Å². The van der Waals surface area contributed by atoms with Gasteiger partial charge >= 0.3 is 0 Å². The van der Waals surface area contributed by atoms with Gasteiger partial charge in [-0.3, -0.25) is 4.79 Å². The van der Waals surface area contributed by atoms with Gasteiger partial charge in [0, 0.05) is 12.7 Å². The molecule has 0 aliphatic rings. The van der Waals surface area contributed by atoms with E-state index < -0.39 is 0 Å². The summed E-state index contributed by atoms with van der Waals surface area (Å²) in [6.07, 6.45) is 4.78. The summed E-state index contributed by atoms with van der Waals surface area (Å²) in [7, 11) is 0. The van der Waals surface area contributed by atoms with E-state index in [9.17, 15) is 4.79 Å². The monoisotopic (exact) mass is 246 g/mol. The predicted octanol–water partition coefficient (Wildman–Crippen LogP) is 2.82. The maximum atomic E-state index is 10.7. The van der Waals surface area contributed by atoms with E-state index in [0.717, 1.165) is 17.7 Å². The number of benzene rings is 1. The van der Waals surface area contributed by atoms with Crippen LogP contribution < -0.4 is 5.73 Å². The first-order valence-electron chi connectivity index (χ1n) is 5.23. The predicted molar refractivity (Wildman–Crippen MR) is 72.4 cm³/mol. The molecule has 0 saturated carbocycles. The molecular formula is C13H14N2OS. The molecule has 0 saturated heterocycles. The van der Waals surface area contributed by atoms with E-state index in [4.69, 9.17) is 11.0 Å². The zero-order valence-electron chi connectivity index (χ0n) is 9.64. The minimum absolute atomic E-state index is 0.140. The van der Waals surface area contributed by atoms with Crippen LogP contribution in [0.5, 0.6) is 0 Å². The fourth-order valence-electron chi connectivity index (χ4n) is 1.28. The van der Waals surface area contributed by atoms with Gasteiger partial charge in [0.15, 0.2) is 5.12 Å². The molecule has 1 rings (SSSR count). The lowest BCUT2D eigenvalue weighted by atomic mass is 10.1. The third kappa shape index (κ3) is 4.75. The number of thioether (sulfide) groups is 1. The van der Waals surface area contributed by atoms with Crippen molar-refractivity contribution < 1.29 is 4.79 Å². The number of allylic oxidation sites excluding steroid dienone is 1. The Labute approximate surface area is 105 Å². The van der Waals surface area contributed by atoms with Gasteiger partial charge in [0.25, 0.3) is 0 Å². The molecule has 0 unspecified atom stereocenters. The molecule has 0 aliphatic heterocycles. The molecule has 0 amide bonds. The second-order valence-corrected chi connectivity index (χ2v) is 4.76. The SMILES string of the molecule is CC(=O)SCCC=Cc1ccc(C#N)c(N)c1. The Balaban J connectivity index is 2.52. The molecule has 0 heterocycles. The van der Waals surface area contributed by atoms with Crippen LogP contribution in [0.15, 0.2) is 24.3 Å². The molecule has 0 atom stereocenters. The number of nitriles is 1. The second kappa shape index (κ2) is 6.77. The second-order valence-electron chi connectivity index (χ2n) is 3.49. The highest BCUT2D eigenvalue weighted by Crippen LogP contribution is 2.14. The number of nitrogens with two attached hydrogens (primary N) is 1. The van der Waals surface area contributed by atoms with Gasteiger partial charge in [0.05, 0.1) is 11.3 Å². The average Bonchev–Trinajstić information content (AvgIpc) is 2.28. The molecule has 0 bridgehead atoms. The van der Waals surface area contributed by atoms with Crippen LogP contribution in [0.4, 0.5) is 5.69 Å². The first-order valence-corrected chi connectivity index (χ1v) is 6.21. The lowest BCUT2D eigenvalue weighted by molar-refractivity contribution is -0.109. The highest BCUT2D eigenvalue weighted by Gasteiger charge is 1.97. The number of carbonyl (C=O) groups excluding carboxylic acids is 1. The van der Waals surface area contributed by atoms with Crippen LogP contribution in [0.1, 0.15) is 24.5 Å². The minimum atomic E-state index is 0.140. The van der Waals surface area contributed by atoms with Crippen molar-refractivity contribution in [3.63, 3.8) is 0 Å². The van der Waals surface area contributed by atoms with Crippen molar-refractivity contribution in [2.24, 2.45) is 0 Å². The normalized spacial score (nSPS) is 10.4. The van der Waals surface area contributed by atoms with Crippen molar-refractivity contribution in [2.45, 2.75) is 13.3 Å². The Morgan fingerprint density at radius 1 is 1.59 bits per heavy atom. The zero-order chi connectivity index (χ0) is 12.7. The molecule has 0 radical (unpaired) electrons. The van der Waals surface area contributed by atoms with Crippen molar-refractivity contribution in [3.8, 4) is 6.07 Å². The van der Waals surface area contributed by atoms with E-state index in [0.29, 0.717) is 11.3 Å². The minimum Gasteiger partial charge on any atom is -0.398 e. The molecule has 1 aromatic rings. The summed E-state index contributed by atoms with van der Waals surface area (Å²) in [5.74, 6) is 0.789. The van der Waals surface area contributed by atoms with Gasteiger partial charge in [-0.25, -0.2) is 0 Å². The largest absolute Gasteiger partial charge is 0.398 e. The molecule has 4 heteroatoms. The molecule has 0 aliphatic carbocycles. The van der Waals surface area contributed by atoms with E-state index in [1.807, 2.05) is 24.3 Å². The standard InChI is InChI=1S/C13H14N2OS/c1-10(16)17-7-3-2-4-11-5-6-12(9-14)13(15)8-11/h2,4-6,8H,3,7,15H2,1H3. The Morgan fingerprint density at radius 2 is 2.35 bits per heavy atom. The Hall–Kier alpha value is -1.73. The summed E-state index contributed by atoms with van der Waals surface area (Å²) in [6.45, 7) is 1.57. The van der Waals surface area contributed by atoms with Crippen LogP contribution >= 0.6 is 11.8 Å². The van der Waals surface area contributed by atoms with E-state index in [1.165, 1.54) is 11.8 Å². The molecule has 0 spiro atoms. The van der Waals surface area contributed by atoms with Gasteiger partial charge in [-0.15, -0.1) is 0 Å². The molecule has 1 aromatic carbocycles. The van der Waals surface area contributed by atoms with E-state index >= 15 is 0 Å². The number of nitrogens with zero attached hydrogens (tertiary/aromatic N) is 1. The lowest BCUT2D eigenvalue weighted by Gasteiger charge is -1.99. The summed E-state index contributed by atoms with van der Waals surface area (Å²) in [4.78, 5) is 10.7. The topological polar surface area (TPSA) is 66.9 Å². The van der Waals surface area contributed by atoms with Crippen LogP contribution in [0, 0.1) is 11.3 Å². The smallest absolute Gasteiger partial charge is 0.185 e. The fourth-order valence-corrected chi connectivity index (χ4v) is 1.82. The van der Waals surface area contributed by atoms with E-state index in [1.54, 1.807) is 19.1 Å². The van der Waals surface area contributed by atoms with Crippen molar-refractivity contribution in [1.82, 2.24) is 0 Å². The molecule has 88 valence electrons. The van der Waals surface area contributed by atoms with Gasteiger partial charge in [-0.05, 0) is 24.1 Å². The van der Waals surface area contributed by atoms with Gasteiger partial charge in [-0.2, -0.15) is 5.26 Å². The van der Waals surface area contributed by atoms with Crippen molar-refractivity contribution in [3.05, 3.63) is 35.4 Å². The lowest BCUT2D eigenvalue weighted by Crippen LogP contribution is -1.90. The number of anilines is 1. The summed E-state index contributed by atoms with van der Waals surface area (Å²) in [5.41, 5.74) is 7.65. The van der Waals surface area contributed by atoms with Gasteiger partial charge in [0.1, 0.15) is 6.07 Å². The third-order valence-corrected chi connectivity index (χ3v) is 2.94. The van der Waals surface area contributed by atoms with Crippen molar-refractivity contribution >= 4 is 28.6 Å². The molecule has 3 nitrogen and oxygen atoms in total. The van der Waals surface area contributed by atoms with Crippen LogP contribution in [-0.4, -0.2) is 10.9 Å². The van der Waals surface area contributed by atoms with Crippen LogP contribution in [0.25, 0.3) is 6.08 Å². The summed E-state index contributed by atoms with van der Waals surface area (Å²) in [6, 6.07) is 7.35. The number of hydrogen-bond acceptors (Lipinski definition) is 4. The molecule has 0 aromatic heterocycles. The Morgan fingerprint density at radius 3 is 2.94 bits per heavy atom. The Bertz CT molecular complexity index is 475. The van der Waals surface area contributed by atoms with Gasteiger partial charge < -0.3 is 5.73 Å². The molecule has 0 fully saturated rings. The first-order chi connectivity index (χ1) is 8.13. The number of hydrogen-bond donors (Lipinski definition) is 1. The highest BCUT2D eigenvalue weighted by molar-refractivity contribution is 8.13. The number of nitrogen functional groups attached to an aromatic ring is 1.